The van der Waals surface area contributed by atoms with E-state index in [2.05, 4.69) is 0 Å². The Labute approximate surface area is 141 Å². The summed E-state index contributed by atoms with van der Waals surface area (Å²) in [7, 11) is -1.54. The molecule has 0 aromatic carbocycles. The van der Waals surface area contributed by atoms with Gasteiger partial charge in [-0.3, -0.25) is 0 Å². The van der Waals surface area contributed by atoms with Gasteiger partial charge in [0.05, 0.1) is 6.10 Å². The summed E-state index contributed by atoms with van der Waals surface area (Å²) < 4.78 is 35.5. The topological polar surface area (TPSA) is 49.9 Å². The van der Waals surface area contributed by atoms with Crippen molar-refractivity contribution in [1.82, 2.24) is 8.61 Å². The van der Waals surface area contributed by atoms with Crippen LogP contribution in [0.3, 0.4) is 0 Å². The van der Waals surface area contributed by atoms with Crippen LogP contribution in [0.4, 0.5) is 0 Å². The second-order valence-corrected chi connectivity index (χ2v) is 9.46. The van der Waals surface area contributed by atoms with E-state index in [1.54, 1.807) is 15.7 Å². The zero-order valence-corrected chi connectivity index (χ0v) is 15.5. The van der Waals surface area contributed by atoms with E-state index in [1.807, 2.05) is 6.92 Å². The van der Waals surface area contributed by atoms with Gasteiger partial charge in [0.15, 0.2) is 0 Å². The molecule has 0 aromatic rings. The predicted molar refractivity (Wildman–Crippen MR) is 91.4 cm³/mol. The first-order valence-electron chi connectivity index (χ1n) is 9.37. The molecule has 1 saturated heterocycles. The van der Waals surface area contributed by atoms with E-state index < -0.39 is 10.2 Å². The van der Waals surface area contributed by atoms with Gasteiger partial charge >= 0.3 is 0 Å². The van der Waals surface area contributed by atoms with Crippen molar-refractivity contribution in [1.29, 1.82) is 0 Å². The van der Waals surface area contributed by atoms with Crippen LogP contribution in [-0.2, 0) is 14.9 Å². The maximum atomic E-state index is 13.1. The fourth-order valence-corrected chi connectivity index (χ4v) is 6.68. The minimum atomic E-state index is -3.34. The third kappa shape index (κ3) is 3.08. The van der Waals surface area contributed by atoms with Crippen LogP contribution in [0.2, 0.25) is 0 Å². The Morgan fingerprint density at radius 3 is 2.26 bits per heavy atom. The van der Waals surface area contributed by atoms with Crippen molar-refractivity contribution in [3.63, 3.8) is 0 Å². The molecule has 0 unspecified atom stereocenters. The molecule has 3 fully saturated rings. The van der Waals surface area contributed by atoms with Gasteiger partial charge in [-0.25, -0.2) is 0 Å². The zero-order chi connectivity index (χ0) is 16.5. The van der Waals surface area contributed by atoms with Gasteiger partial charge in [0, 0.05) is 38.2 Å². The monoisotopic (exact) mass is 344 g/mol. The maximum Gasteiger partial charge on any atom is 0.281 e. The smallest absolute Gasteiger partial charge is 0.281 e. The highest BCUT2D eigenvalue weighted by molar-refractivity contribution is 7.86. The minimum absolute atomic E-state index is 0.0731. The van der Waals surface area contributed by atoms with Gasteiger partial charge in [-0.05, 0) is 39.0 Å². The van der Waals surface area contributed by atoms with Gasteiger partial charge in [0.1, 0.15) is 0 Å². The van der Waals surface area contributed by atoms with Gasteiger partial charge in [-0.2, -0.15) is 17.0 Å². The number of nitrogens with zero attached hydrogens (tertiary/aromatic N) is 2. The number of rotatable bonds is 5. The van der Waals surface area contributed by atoms with Crippen molar-refractivity contribution in [3.8, 4) is 0 Å². The van der Waals surface area contributed by atoms with Gasteiger partial charge in [-0.15, -0.1) is 0 Å². The molecular weight excluding hydrogens is 312 g/mol. The third-order valence-electron chi connectivity index (χ3n) is 6.34. The molecule has 0 aromatic heterocycles. The molecule has 5 nitrogen and oxygen atoms in total. The van der Waals surface area contributed by atoms with Crippen molar-refractivity contribution in [2.24, 2.45) is 5.41 Å². The SMILES string of the molecule is CCO[C@@H]1C[C@H](N(C)S(=O)(=O)N2CCCCCC2)C12CCCC2. The van der Waals surface area contributed by atoms with Gasteiger partial charge in [-0.1, -0.05) is 25.7 Å². The van der Waals surface area contributed by atoms with Crippen molar-refractivity contribution >= 4 is 10.2 Å². The second kappa shape index (κ2) is 6.98. The molecule has 1 spiro atoms. The summed E-state index contributed by atoms with van der Waals surface area (Å²) in [5.74, 6) is 0. The summed E-state index contributed by atoms with van der Waals surface area (Å²) in [6.07, 6.45) is 10.0. The molecule has 0 N–H and O–H groups in total. The average molecular weight is 345 g/mol. The van der Waals surface area contributed by atoms with E-state index in [0.717, 1.165) is 51.6 Å². The quantitative estimate of drug-likeness (QED) is 0.770. The molecular formula is C17H32N2O3S. The van der Waals surface area contributed by atoms with E-state index in [1.165, 1.54) is 12.8 Å². The highest BCUT2D eigenvalue weighted by Gasteiger charge is 2.60. The Morgan fingerprint density at radius 2 is 1.70 bits per heavy atom. The lowest BCUT2D eigenvalue weighted by Gasteiger charge is -2.56. The van der Waals surface area contributed by atoms with E-state index in [4.69, 9.17) is 4.74 Å². The first kappa shape index (κ1) is 17.6. The van der Waals surface area contributed by atoms with Crippen LogP contribution in [0.15, 0.2) is 0 Å². The second-order valence-electron chi connectivity index (χ2n) is 7.47. The normalized spacial score (nSPS) is 32.1. The highest BCUT2D eigenvalue weighted by atomic mass is 32.2. The third-order valence-corrected chi connectivity index (χ3v) is 8.34. The van der Waals surface area contributed by atoms with Crippen LogP contribution in [0.25, 0.3) is 0 Å². The van der Waals surface area contributed by atoms with Crippen molar-refractivity contribution in [2.45, 2.75) is 76.9 Å². The summed E-state index contributed by atoms with van der Waals surface area (Å²) >= 11 is 0. The van der Waals surface area contributed by atoms with Crippen molar-refractivity contribution < 1.29 is 13.2 Å². The summed E-state index contributed by atoms with van der Waals surface area (Å²) in [5.41, 5.74) is 0.0731. The largest absolute Gasteiger partial charge is 0.378 e. The maximum absolute atomic E-state index is 13.1. The number of ether oxygens (including phenoxy) is 1. The lowest BCUT2D eigenvalue weighted by Crippen LogP contribution is -2.65. The van der Waals surface area contributed by atoms with Crippen LogP contribution in [0.5, 0.6) is 0 Å². The summed E-state index contributed by atoms with van der Waals surface area (Å²) in [5, 5.41) is 0. The molecule has 2 saturated carbocycles. The Morgan fingerprint density at radius 1 is 1.09 bits per heavy atom. The molecule has 1 aliphatic heterocycles. The number of hydrogen-bond donors (Lipinski definition) is 0. The standard InChI is InChI=1S/C17H32N2O3S/c1-3-22-16-14-15(17(16)10-6-7-11-17)18(2)23(20,21)19-12-8-4-5-9-13-19/h15-16H,3-14H2,1-2H3/t15-,16+/m0/s1. The molecule has 23 heavy (non-hydrogen) atoms. The summed E-state index contributed by atoms with van der Waals surface area (Å²) in [6, 6.07) is 0.120. The van der Waals surface area contributed by atoms with Crippen LogP contribution < -0.4 is 0 Å². The molecule has 6 heteroatoms. The molecule has 3 aliphatic rings. The number of hydrogen-bond acceptors (Lipinski definition) is 3. The van der Waals surface area contributed by atoms with Gasteiger partial charge < -0.3 is 4.74 Å². The average Bonchev–Trinajstić information content (AvgIpc) is 2.89. The Kier molecular flexibility index (Phi) is 5.36. The molecule has 0 bridgehead atoms. The predicted octanol–water partition coefficient (Wildman–Crippen LogP) is 2.78. The van der Waals surface area contributed by atoms with Gasteiger partial charge in [0.25, 0.3) is 10.2 Å². The van der Waals surface area contributed by atoms with Crippen LogP contribution in [-0.4, -0.2) is 55.9 Å². The molecule has 2 atom stereocenters. The first-order valence-corrected chi connectivity index (χ1v) is 10.8. The van der Waals surface area contributed by atoms with E-state index in [9.17, 15) is 8.42 Å². The Hall–Kier alpha value is -0.170. The van der Waals surface area contributed by atoms with Crippen LogP contribution >= 0.6 is 0 Å². The molecule has 2 aliphatic carbocycles. The van der Waals surface area contributed by atoms with E-state index in [-0.39, 0.29) is 17.6 Å². The van der Waals surface area contributed by atoms with E-state index in [0.29, 0.717) is 13.1 Å². The summed E-state index contributed by atoms with van der Waals surface area (Å²) in [4.78, 5) is 0. The Bertz CT molecular complexity index is 494. The zero-order valence-electron chi connectivity index (χ0n) is 14.7. The lowest BCUT2D eigenvalue weighted by atomic mass is 9.60. The van der Waals surface area contributed by atoms with Gasteiger partial charge in [0.2, 0.25) is 0 Å². The molecule has 134 valence electrons. The molecule has 0 amide bonds. The minimum Gasteiger partial charge on any atom is -0.378 e. The summed E-state index contributed by atoms with van der Waals surface area (Å²) in [6.45, 7) is 4.12. The first-order chi connectivity index (χ1) is 11.0. The van der Waals surface area contributed by atoms with E-state index >= 15 is 0 Å². The van der Waals surface area contributed by atoms with Crippen molar-refractivity contribution in [3.05, 3.63) is 0 Å². The molecule has 3 rings (SSSR count). The molecule has 1 heterocycles. The fourth-order valence-electron chi connectivity index (χ4n) is 4.98. The van der Waals surface area contributed by atoms with Crippen molar-refractivity contribution in [2.75, 3.05) is 26.7 Å². The highest BCUT2D eigenvalue weighted by Crippen LogP contribution is 2.57. The Balaban J connectivity index is 1.75. The fraction of sp³-hybridized carbons (Fsp3) is 1.00. The lowest BCUT2D eigenvalue weighted by molar-refractivity contribution is -0.146. The van der Waals surface area contributed by atoms with Crippen LogP contribution in [0.1, 0.15) is 64.7 Å². The van der Waals surface area contributed by atoms with Crippen LogP contribution in [0, 0.1) is 5.41 Å². The molecule has 0 radical (unpaired) electrons.